The van der Waals surface area contributed by atoms with Crippen LogP contribution in [0.1, 0.15) is 16.8 Å². The number of hydrogen-bond donors (Lipinski definition) is 1. The quantitative estimate of drug-likeness (QED) is 0.591. The summed E-state index contributed by atoms with van der Waals surface area (Å²) in [6, 6.07) is 11.2. The number of ketones is 1. The fraction of sp³-hybridized carbons (Fsp3) is 0.211. The Hall–Kier alpha value is -2.95. The number of anilines is 1. The normalized spacial score (nSPS) is 13.2. The van der Waals surface area contributed by atoms with E-state index >= 15 is 0 Å². The molecule has 0 bridgehead atoms. The number of aromatic nitrogens is 1. The third kappa shape index (κ3) is 2.80. The molecule has 4 rings (SSSR count). The first-order valence-electron chi connectivity index (χ1n) is 7.97. The molecule has 5 heteroatoms. The smallest absolute Gasteiger partial charge is 0.164 e. The highest BCUT2D eigenvalue weighted by atomic mass is 16.6. The monoisotopic (exact) mass is 322 g/mol. The number of carbonyl (C=O) groups excluding carboxylic acids is 1. The largest absolute Gasteiger partial charge is 0.486 e. The van der Waals surface area contributed by atoms with E-state index in [0.717, 1.165) is 16.5 Å². The summed E-state index contributed by atoms with van der Waals surface area (Å²) in [5, 5.41) is 2.21. The molecule has 5 nitrogen and oxygen atoms in total. The highest BCUT2D eigenvalue weighted by Crippen LogP contribution is 2.31. The van der Waals surface area contributed by atoms with Gasteiger partial charge in [-0.05, 0) is 35.7 Å². The molecular weight excluding hydrogens is 304 g/mol. The van der Waals surface area contributed by atoms with E-state index in [9.17, 15) is 4.79 Å². The van der Waals surface area contributed by atoms with Crippen molar-refractivity contribution in [3.05, 3.63) is 54.4 Å². The van der Waals surface area contributed by atoms with E-state index in [2.05, 4.69) is 0 Å². The first-order chi connectivity index (χ1) is 11.7. The molecule has 0 aliphatic carbocycles. The molecule has 24 heavy (non-hydrogen) atoms. The SMILES string of the molecule is Nc1ccc2cn(CCC(=O)c3ccc4c(c3)OCCO4)cc2c1. The van der Waals surface area contributed by atoms with E-state index < -0.39 is 0 Å². The molecule has 0 saturated heterocycles. The van der Waals surface area contributed by atoms with Gasteiger partial charge < -0.3 is 19.8 Å². The first kappa shape index (κ1) is 14.6. The molecule has 3 aromatic rings. The maximum Gasteiger partial charge on any atom is 0.164 e. The zero-order valence-electron chi connectivity index (χ0n) is 13.2. The molecule has 0 saturated carbocycles. The number of Topliss-reactive ketones (excluding diaryl/α,β-unsaturated/α-hetero) is 1. The molecule has 2 heterocycles. The van der Waals surface area contributed by atoms with Crippen molar-refractivity contribution in [1.29, 1.82) is 0 Å². The van der Waals surface area contributed by atoms with Crippen LogP contribution in [0.4, 0.5) is 5.69 Å². The molecule has 0 atom stereocenters. The van der Waals surface area contributed by atoms with Crippen LogP contribution in [0.25, 0.3) is 10.8 Å². The van der Waals surface area contributed by atoms with E-state index in [4.69, 9.17) is 15.2 Å². The van der Waals surface area contributed by atoms with Crippen LogP contribution < -0.4 is 15.2 Å². The first-order valence-corrected chi connectivity index (χ1v) is 7.97. The maximum atomic E-state index is 12.4. The molecule has 0 fully saturated rings. The van der Waals surface area contributed by atoms with Crippen LogP contribution in [0, 0.1) is 0 Å². The number of nitrogen functional groups attached to an aromatic ring is 1. The highest BCUT2D eigenvalue weighted by Gasteiger charge is 2.15. The highest BCUT2D eigenvalue weighted by molar-refractivity contribution is 5.96. The third-order valence-corrected chi connectivity index (χ3v) is 4.18. The van der Waals surface area contributed by atoms with Gasteiger partial charge in [0.15, 0.2) is 17.3 Å². The number of hydrogen-bond acceptors (Lipinski definition) is 4. The maximum absolute atomic E-state index is 12.4. The fourth-order valence-electron chi connectivity index (χ4n) is 2.94. The van der Waals surface area contributed by atoms with Gasteiger partial charge in [0.2, 0.25) is 0 Å². The molecule has 0 unspecified atom stereocenters. The van der Waals surface area contributed by atoms with Crippen LogP contribution in [0.15, 0.2) is 48.8 Å². The number of carbonyl (C=O) groups is 1. The topological polar surface area (TPSA) is 66.5 Å². The summed E-state index contributed by atoms with van der Waals surface area (Å²) in [4.78, 5) is 12.4. The van der Waals surface area contributed by atoms with Crippen LogP contribution in [0.5, 0.6) is 11.5 Å². The molecule has 0 radical (unpaired) electrons. The van der Waals surface area contributed by atoms with E-state index in [1.54, 1.807) is 18.2 Å². The second-order valence-electron chi connectivity index (χ2n) is 5.92. The van der Waals surface area contributed by atoms with Crippen LogP contribution in [0.2, 0.25) is 0 Å². The van der Waals surface area contributed by atoms with Crippen molar-refractivity contribution in [2.24, 2.45) is 0 Å². The van der Waals surface area contributed by atoms with Crippen LogP contribution in [-0.2, 0) is 6.54 Å². The molecular formula is C19H18N2O3. The van der Waals surface area contributed by atoms with Gasteiger partial charge in [-0.3, -0.25) is 4.79 Å². The second kappa shape index (κ2) is 5.92. The Morgan fingerprint density at radius 1 is 1.00 bits per heavy atom. The Morgan fingerprint density at radius 2 is 1.79 bits per heavy atom. The predicted molar refractivity (Wildman–Crippen MR) is 92.7 cm³/mol. The minimum Gasteiger partial charge on any atom is -0.486 e. The molecule has 1 aliphatic heterocycles. The van der Waals surface area contributed by atoms with Gasteiger partial charge in [0.05, 0.1) is 0 Å². The van der Waals surface area contributed by atoms with Crippen molar-refractivity contribution in [1.82, 2.24) is 4.57 Å². The lowest BCUT2D eigenvalue weighted by molar-refractivity contribution is 0.0976. The molecule has 122 valence electrons. The summed E-state index contributed by atoms with van der Waals surface area (Å²) in [6.45, 7) is 1.69. The Balaban J connectivity index is 1.47. The number of rotatable bonds is 4. The number of aryl methyl sites for hydroxylation is 1. The van der Waals surface area contributed by atoms with Crippen LogP contribution >= 0.6 is 0 Å². The molecule has 2 aromatic carbocycles. The van der Waals surface area contributed by atoms with Crippen molar-refractivity contribution >= 4 is 22.2 Å². The summed E-state index contributed by atoms with van der Waals surface area (Å²) < 4.78 is 13.0. The number of fused-ring (bicyclic) bond motifs is 2. The van der Waals surface area contributed by atoms with Crippen molar-refractivity contribution in [2.75, 3.05) is 18.9 Å². The number of nitrogens with two attached hydrogens (primary N) is 1. The number of ether oxygens (including phenoxy) is 2. The zero-order valence-corrected chi connectivity index (χ0v) is 13.2. The van der Waals surface area contributed by atoms with Gasteiger partial charge in [-0.15, -0.1) is 0 Å². The molecule has 0 spiro atoms. The summed E-state index contributed by atoms with van der Waals surface area (Å²) in [6.07, 6.45) is 4.48. The number of benzene rings is 2. The lowest BCUT2D eigenvalue weighted by atomic mass is 10.1. The van der Waals surface area contributed by atoms with Gasteiger partial charge >= 0.3 is 0 Å². The Kier molecular flexibility index (Phi) is 3.61. The third-order valence-electron chi connectivity index (χ3n) is 4.18. The lowest BCUT2D eigenvalue weighted by Crippen LogP contribution is -2.16. The molecule has 0 amide bonds. The fourth-order valence-corrected chi connectivity index (χ4v) is 2.94. The average Bonchev–Trinajstić information content (AvgIpc) is 3.01. The van der Waals surface area contributed by atoms with E-state index in [0.29, 0.717) is 43.2 Å². The van der Waals surface area contributed by atoms with Crippen LogP contribution in [0.3, 0.4) is 0 Å². The zero-order chi connectivity index (χ0) is 16.5. The van der Waals surface area contributed by atoms with E-state index in [-0.39, 0.29) is 5.78 Å². The second-order valence-corrected chi connectivity index (χ2v) is 5.92. The standard InChI is InChI=1S/C19H18N2O3/c20-16-3-1-14-11-21(12-15(14)9-16)6-5-17(22)13-2-4-18-19(10-13)24-8-7-23-18/h1-4,9-12H,5-8,20H2. The van der Waals surface area contributed by atoms with Gasteiger partial charge in [-0.25, -0.2) is 0 Å². The van der Waals surface area contributed by atoms with Gasteiger partial charge in [-0.2, -0.15) is 0 Å². The predicted octanol–water partition coefficient (Wildman–Crippen LogP) is 3.27. The lowest BCUT2D eigenvalue weighted by Gasteiger charge is -2.18. The Labute approximate surface area is 139 Å². The minimum absolute atomic E-state index is 0.0873. The van der Waals surface area contributed by atoms with Crippen molar-refractivity contribution in [2.45, 2.75) is 13.0 Å². The van der Waals surface area contributed by atoms with Gasteiger partial charge in [-0.1, -0.05) is 6.07 Å². The van der Waals surface area contributed by atoms with Crippen molar-refractivity contribution in [3.63, 3.8) is 0 Å². The average molecular weight is 322 g/mol. The minimum atomic E-state index is 0.0873. The Morgan fingerprint density at radius 3 is 2.67 bits per heavy atom. The summed E-state index contributed by atoms with van der Waals surface area (Å²) in [5.41, 5.74) is 7.20. The number of nitrogens with zero attached hydrogens (tertiary/aromatic N) is 1. The van der Waals surface area contributed by atoms with E-state index in [1.807, 2.05) is 35.2 Å². The Bertz CT molecular complexity index is 914. The molecule has 1 aromatic heterocycles. The molecule has 2 N–H and O–H groups in total. The van der Waals surface area contributed by atoms with Crippen LogP contribution in [-0.4, -0.2) is 23.6 Å². The summed E-state index contributed by atoms with van der Waals surface area (Å²) >= 11 is 0. The van der Waals surface area contributed by atoms with Crippen molar-refractivity contribution in [3.8, 4) is 11.5 Å². The van der Waals surface area contributed by atoms with Gasteiger partial charge in [0, 0.05) is 42.0 Å². The van der Waals surface area contributed by atoms with E-state index in [1.165, 1.54) is 0 Å². The van der Waals surface area contributed by atoms with Gasteiger partial charge in [0.1, 0.15) is 13.2 Å². The summed E-state index contributed by atoms with van der Waals surface area (Å²) in [5.74, 6) is 1.44. The molecule has 1 aliphatic rings. The van der Waals surface area contributed by atoms with Crippen molar-refractivity contribution < 1.29 is 14.3 Å². The van der Waals surface area contributed by atoms with Gasteiger partial charge in [0.25, 0.3) is 0 Å². The summed E-state index contributed by atoms with van der Waals surface area (Å²) in [7, 11) is 0.